The first-order valence-corrected chi connectivity index (χ1v) is 5.05. The Bertz CT molecular complexity index is 267. The van der Waals surface area contributed by atoms with E-state index in [-0.39, 0.29) is 17.3 Å². The van der Waals surface area contributed by atoms with E-state index >= 15 is 0 Å². The number of fused-ring (bicyclic) bond motifs is 1. The second kappa shape index (κ2) is 2.95. The van der Waals surface area contributed by atoms with Crippen LogP contribution < -0.4 is 0 Å². The van der Waals surface area contributed by atoms with E-state index in [0.29, 0.717) is 6.42 Å². The van der Waals surface area contributed by atoms with Gasteiger partial charge in [0.25, 0.3) is 0 Å². The molecular formula is C11H16O2. The molecule has 0 aromatic heterocycles. The summed E-state index contributed by atoms with van der Waals surface area (Å²) >= 11 is 0. The summed E-state index contributed by atoms with van der Waals surface area (Å²) in [6.07, 6.45) is 5.96. The summed E-state index contributed by atoms with van der Waals surface area (Å²) in [4.78, 5) is 11.2. The monoisotopic (exact) mass is 180 g/mol. The third-order valence-electron chi connectivity index (χ3n) is 3.50. The standard InChI is InChI=1S/C11H16O2/c1-11-5-2-3-10(13)9(11)7-8(12)4-6-11/h7,10,13H,2-6H2,1H3. The summed E-state index contributed by atoms with van der Waals surface area (Å²) in [5.74, 6) is 0.188. The normalized spacial score (nSPS) is 39.7. The Morgan fingerprint density at radius 1 is 1.54 bits per heavy atom. The first-order chi connectivity index (χ1) is 6.12. The Labute approximate surface area is 78.6 Å². The molecule has 2 rings (SSSR count). The van der Waals surface area contributed by atoms with Gasteiger partial charge in [-0.05, 0) is 42.7 Å². The van der Waals surface area contributed by atoms with Crippen molar-refractivity contribution in [3.05, 3.63) is 11.6 Å². The number of carbonyl (C=O) groups is 1. The van der Waals surface area contributed by atoms with E-state index in [1.807, 2.05) is 0 Å². The first-order valence-electron chi connectivity index (χ1n) is 5.05. The lowest BCUT2D eigenvalue weighted by atomic mass is 9.65. The van der Waals surface area contributed by atoms with Crippen molar-refractivity contribution in [2.45, 2.75) is 45.1 Å². The summed E-state index contributed by atoms with van der Waals surface area (Å²) in [6, 6.07) is 0. The number of aliphatic hydroxyl groups is 1. The number of aliphatic hydroxyl groups excluding tert-OH is 1. The molecule has 2 unspecified atom stereocenters. The van der Waals surface area contributed by atoms with Gasteiger partial charge in [-0.1, -0.05) is 6.92 Å². The first kappa shape index (κ1) is 8.95. The molecule has 2 aliphatic carbocycles. The van der Waals surface area contributed by atoms with Crippen LogP contribution in [0.5, 0.6) is 0 Å². The fraction of sp³-hybridized carbons (Fsp3) is 0.727. The second-order valence-electron chi connectivity index (χ2n) is 4.53. The second-order valence-corrected chi connectivity index (χ2v) is 4.53. The van der Waals surface area contributed by atoms with Gasteiger partial charge in [-0.2, -0.15) is 0 Å². The molecule has 1 N–H and O–H groups in total. The molecule has 0 aliphatic heterocycles. The molecule has 13 heavy (non-hydrogen) atoms. The molecule has 0 spiro atoms. The molecule has 1 saturated carbocycles. The summed E-state index contributed by atoms with van der Waals surface area (Å²) < 4.78 is 0. The number of allylic oxidation sites excluding steroid dienone is 1. The highest BCUT2D eigenvalue weighted by Gasteiger charge is 2.39. The Morgan fingerprint density at radius 2 is 2.31 bits per heavy atom. The Kier molecular flexibility index (Phi) is 2.03. The van der Waals surface area contributed by atoms with Gasteiger partial charge in [0, 0.05) is 6.42 Å². The van der Waals surface area contributed by atoms with E-state index in [1.165, 1.54) is 0 Å². The van der Waals surface area contributed by atoms with Crippen molar-refractivity contribution < 1.29 is 9.90 Å². The molecule has 0 heterocycles. The maximum atomic E-state index is 11.2. The lowest BCUT2D eigenvalue weighted by Crippen LogP contribution is -2.35. The largest absolute Gasteiger partial charge is 0.389 e. The number of rotatable bonds is 0. The predicted molar refractivity (Wildman–Crippen MR) is 50.3 cm³/mol. The molecule has 0 aromatic rings. The zero-order chi connectivity index (χ0) is 9.47. The fourth-order valence-electron chi connectivity index (χ4n) is 2.57. The van der Waals surface area contributed by atoms with E-state index in [1.54, 1.807) is 6.08 Å². The molecule has 0 amide bonds. The van der Waals surface area contributed by atoms with Crippen LogP contribution in [0.3, 0.4) is 0 Å². The molecule has 0 saturated heterocycles. The molecule has 2 heteroatoms. The van der Waals surface area contributed by atoms with E-state index in [4.69, 9.17) is 0 Å². The highest BCUT2D eigenvalue weighted by atomic mass is 16.3. The minimum Gasteiger partial charge on any atom is -0.389 e. The molecule has 0 aromatic carbocycles. The van der Waals surface area contributed by atoms with Crippen LogP contribution >= 0.6 is 0 Å². The molecule has 2 atom stereocenters. The molecule has 2 aliphatic rings. The van der Waals surface area contributed by atoms with E-state index in [0.717, 1.165) is 31.3 Å². The topological polar surface area (TPSA) is 37.3 Å². The zero-order valence-electron chi connectivity index (χ0n) is 8.05. The quantitative estimate of drug-likeness (QED) is 0.617. The van der Waals surface area contributed by atoms with E-state index in [9.17, 15) is 9.90 Å². The third kappa shape index (κ3) is 1.44. The summed E-state index contributed by atoms with van der Waals surface area (Å²) in [7, 11) is 0. The van der Waals surface area contributed by atoms with Crippen LogP contribution in [0.25, 0.3) is 0 Å². The van der Waals surface area contributed by atoms with Crippen molar-refractivity contribution in [1.29, 1.82) is 0 Å². The Balaban J connectivity index is 2.34. The maximum absolute atomic E-state index is 11.2. The lowest BCUT2D eigenvalue weighted by molar-refractivity contribution is -0.116. The van der Waals surface area contributed by atoms with Gasteiger partial charge < -0.3 is 5.11 Å². The Hall–Kier alpha value is -0.630. The van der Waals surface area contributed by atoms with Gasteiger partial charge in [0.15, 0.2) is 5.78 Å². The van der Waals surface area contributed by atoms with Crippen LogP contribution in [-0.2, 0) is 4.79 Å². The number of hydrogen-bond acceptors (Lipinski definition) is 2. The minimum absolute atomic E-state index is 0.117. The maximum Gasteiger partial charge on any atom is 0.155 e. The van der Waals surface area contributed by atoms with Crippen molar-refractivity contribution >= 4 is 5.78 Å². The van der Waals surface area contributed by atoms with Gasteiger partial charge in [-0.3, -0.25) is 4.79 Å². The molecular weight excluding hydrogens is 164 g/mol. The van der Waals surface area contributed by atoms with Crippen LogP contribution in [0.15, 0.2) is 11.6 Å². The lowest BCUT2D eigenvalue weighted by Gasteiger charge is -2.41. The van der Waals surface area contributed by atoms with Crippen LogP contribution in [0.1, 0.15) is 39.0 Å². The molecule has 0 bridgehead atoms. The van der Waals surface area contributed by atoms with Crippen LogP contribution in [0.4, 0.5) is 0 Å². The van der Waals surface area contributed by atoms with Gasteiger partial charge in [0.05, 0.1) is 6.10 Å². The van der Waals surface area contributed by atoms with E-state index in [2.05, 4.69) is 6.92 Å². The van der Waals surface area contributed by atoms with Crippen LogP contribution in [0.2, 0.25) is 0 Å². The van der Waals surface area contributed by atoms with Gasteiger partial charge >= 0.3 is 0 Å². The van der Waals surface area contributed by atoms with Crippen molar-refractivity contribution in [1.82, 2.24) is 0 Å². The predicted octanol–water partition coefficient (Wildman–Crippen LogP) is 1.83. The minimum atomic E-state index is -0.358. The van der Waals surface area contributed by atoms with Crippen molar-refractivity contribution in [3.8, 4) is 0 Å². The number of carbonyl (C=O) groups excluding carboxylic acids is 1. The summed E-state index contributed by atoms with van der Waals surface area (Å²) in [5.41, 5.74) is 1.11. The van der Waals surface area contributed by atoms with E-state index < -0.39 is 0 Å². The number of hydrogen-bond donors (Lipinski definition) is 1. The van der Waals surface area contributed by atoms with Gasteiger partial charge in [-0.25, -0.2) is 0 Å². The van der Waals surface area contributed by atoms with Gasteiger partial charge in [-0.15, -0.1) is 0 Å². The highest BCUT2D eigenvalue weighted by Crippen LogP contribution is 2.46. The molecule has 1 fully saturated rings. The molecule has 2 nitrogen and oxygen atoms in total. The van der Waals surface area contributed by atoms with Crippen LogP contribution in [0, 0.1) is 5.41 Å². The number of ketones is 1. The SMILES string of the molecule is CC12CCCC(O)C1=CC(=O)CC2. The van der Waals surface area contributed by atoms with Gasteiger partial charge in [0.1, 0.15) is 0 Å². The molecule has 72 valence electrons. The average molecular weight is 180 g/mol. The third-order valence-corrected chi connectivity index (χ3v) is 3.50. The summed E-state index contributed by atoms with van der Waals surface area (Å²) in [5, 5.41) is 9.77. The molecule has 0 radical (unpaired) electrons. The van der Waals surface area contributed by atoms with Crippen molar-refractivity contribution in [2.24, 2.45) is 5.41 Å². The summed E-state index contributed by atoms with van der Waals surface area (Å²) in [6.45, 7) is 2.17. The average Bonchev–Trinajstić information content (AvgIpc) is 2.08. The fourth-order valence-corrected chi connectivity index (χ4v) is 2.57. The van der Waals surface area contributed by atoms with Crippen molar-refractivity contribution in [2.75, 3.05) is 0 Å². The Morgan fingerprint density at radius 3 is 3.08 bits per heavy atom. The highest BCUT2D eigenvalue weighted by molar-refractivity contribution is 5.91. The van der Waals surface area contributed by atoms with Gasteiger partial charge in [0.2, 0.25) is 0 Å². The smallest absolute Gasteiger partial charge is 0.155 e. The van der Waals surface area contributed by atoms with Crippen molar-refractivity contribution in [3.63, 3.8) is 0 Å². The van der Waals surface area contributed by atoms with Crippen LogP contribution in [-0.4, -0.2) is 17.0 Å². The zero-order valence-corrected chi connectivity index (χ0v) is 8.05.